The topological polar surface area (TPSA) is 84.1 Å². The second-order valence-corrected chi connectivity index (χ2v) is 4.69. The van der Waals surface area contributed by atoms with Crippen molar-refractivity contribution in [2.75, 3.05) is 0 Å². The summed E-state index contributed by atoms with van der Waals surface area (Å²) in [6.07, 6.45) is 6.28. The number of H-pyrrole nitrogens is 1. The fourth-order valence-corrected chi connectivity index (χ4v) is 2.12. The molecule has 0 bridgehead atoms. The van der Waals surface area contributed by atoms with E-state index in [1.165, 1.54) is 6.20 Å². The molecule has 5 heteroatoms. The summed E-state index contributed by atoms with van der Waals surface area (Å²) in [5.74, 6) is 0. The van der Waals surface area contributed by atoms with Crippen molar-refractivity contribution < 1.29 is 0 Å². The number of aromatic nitrogens is 2. The van der Waals surface area contributed by atoms with Crippen molar-refractivity contribution in [3.8, 4) is 0 Å². The molecule has 22 heavy (non-hydrogen) atoms. The number of aliphatic imine (C=N–C) groups is 1. The van der Waals surface area contributed by atoms with Gasteiger partial charge in [-0.15, -0.1) is 0 Å². The first-order valence-electron chi connectivity index (χ1n) is 6.76. The number of benzene rings is 1. The van der Waals surface area contributed by atoms with Crippen LogP contribution in [0.3, 0.4) is 0 Å². The Kier molecular flexibility index (Phi) is 3.78. The molecule has 2 heterocycles. The summed E-state index contributed by atoms with van der Waals surface area (Å²) in [6.45, 7) is 0. The maximum Gasteiger partial charge on any atom is 0.256 e. The lowest BCUT2D eigenvalue weighted by atomic mass is 10.1. The van der Waals surface area contributed by atoms with E-state index < -0.39 is 0 Å². The van der Waals surface area contributed by atoms with Crippen LogP contribution in [-0.4, -0.2) is 16.2 Å². The van der Waals surface area contributed by atoms with E-state index >= 15 is 0 Å². The maximum atomic E-state index is 12.2. The first-order valence-corrected chi connectivity index (χ1v) is 6.76. The van der Waals surface area contributed by atoms with Crippen LogP contribution in [0.1, 0.15) is 5.56 Å². The number of nitrogens with zero attached hydrogens (tertiary/aromatic N) is 2. The highest BCUT2D eigenvalue weighted by Crippen LogP contribution is 2.15. The van der Waals surface area contributed by atoms with Crippen molar-refractivity contribution in [1.29, 1.82) is 0 Å². The predicted octanol–water partition coefficient (Wildman–Crippen LogP) is 2.63. The molecular weight excluding hydrogens is 276 g/mol. The fraction of sp³-hybridized carbons (Fsp3) is 0. The number of nitrogens with one attached hydrogen (secondary N) is 1. The smallest absolute Gasteiger partial charge is 0.256 e. The quantitative estimate of drug-likeness (QED) is 0.727. The molecule has 3 aromatic rings. The number of hydrogen-bond donors (Lipinski definition) is 2. The standard InChI is InChI=1S/C17H14N4O/c18-9-13(11-20-14-4-2-1-3-5-14)15-8-12-10-19-7-6-16(12)21-17(15)22/h1-11H,18H2,(H,21,22). The molecule has 5 nitrogen and oxygen atoms in total. The molecule has 0 fully saturated rings. The van der Waals surface area contributed by atoms with Gasteiger partial charge < -0.3 is 10.7 Å². The average Bonchev–Trinajstić information content (AvgIpc) is 2.56. The number of pyridine rings is 2. The molecule has 0 saturated heterocycles. The summed E-state index contributed by atoms with van der Waals surface area (Å²) in [4.78, 5) is 23.4. The molecule has 0 amide bonds. The monoisotopic (exact) mass is 290 g/mol. The third-order valence-electron chi connectivity index (χ3n) is 3.24. The number of rotatable bonds is 3. The Morgan fingerprint density at radius 1 is 1.23 bits per heavy atom. The number of allylic oxidation sites excluding steroid dienone is 1. The zero-order valence-electron chi connectivity index (χ0n) is 11.7. The van der Waals surface area contributed by atoms with E-state index in [4.69, 9.17) is 5.73 Å². The summed E-state index contributed by atoms with van der Waals surface area (Å²) < 4.78 is 0. The molecule has 1 aromatic carbocycles. The lowest BCUT2D eigenvalue weighted by Crippen LogP contribution is -2.13. The summed E-state index contributed by atoms with van der Waals surface area (Å²) in [6, 6.07) is 13.0. The van der Waals surface area contributed by atoms with E-state index in [0.29, 0.717) is 11.1 Å². The third-order valence-corrected chi connectivity index (χ3v) is 3.24. The largest absolute Gasteiger partial charge is 0.404 e. The summed E-state index contributed by atoms with van der Waals surface area (Å²) in [5, 5.41) is 0.838. The van der Waals surface area contributed by atoms with Crippen LogP contribution in [0.25, 0.3) is 16.5 Å². The van der Waals surface area contributed by atoms with Crippen LogP contribution in [0, 0.1) is 0 Å². The Balaban J connectivity index is 2.03. The van der Waals surface area contributed by atoms with Crippen molar-refractivity contribution in [3.63, 3.8) is 0 Å². The van der Waals surface area contributed by atoms with Gasteiger partial charge in [-0.2, -0.15) is 0 Å². The number of fused-ring (bicyclic) bond motifs is 1. The van der Waals surface area contributed by atoms with Crippen LogP contribution in [0.5, 0.6) is 0 Å². The Morgan fingerprint density at radius 2 is 2.05 bits per heavy atom. The van der Waals surface area contributed by atoms with Crippen LogP contribution >= 0.6 is 0 Å². The molecule has 0 spiro atoms. The number of hydrogen-bond acceptors (Lipinski definition) is 4. The van der Waals surface area contributed by atoms with E-state index in [1.807, 2.05) is 30.3 Å². The molecule has 0 saturated carbocycles. The molecule has 0 radical (unpaired) electrons. The van der Waals surface area contributed by atoms with Gasteiger partial charge in [-0.1, -0.05) is 18.2 Å². The van der Waals surface area contributed by atoms with Crippen LogP contribution in [0.4, 0.5) is 5.69 Å². The molecule has 3 N–H and O–H groups in total. The maximum absolute atomic E-state index is 12.2. The minimum atomic E-state index is -0.213. The van der Waals surface area contributed by atoms with Gasteiger partial charge in [-0.05, 0) is 24.3 Å². The highest BCUT2D eigenvalue weighted by molar-refractivity contribution is 6.11. The number of aromatic amines is 1. The van der Waals surface area contributed by atoms with Crippen LogP contribution in [-0.2, 0) is 0 Å². The molecule has 0 unspecified atom stereocenters. The molecule has 3 rings (SSSR count). The van der Waals surface area contributed by atoms with Crippen molar-refractivity contribution in [2.24, 2.45) is 10.7 Å². The zero-order chi connectivity index (χ0) is 15.4. The van der Waals surface area contributed by atoms with E-state index in [9.17, 15) is 4.79 Å². The van der Waals surface area contributed by atoms with Gasteiger partial charge in [0.15, 0.2) is 0 Å². The second-order valence-electron chi connectivity index (χ2n) is 4.69. The summed E-state index contributed by atoms with van der Waals surface area (Å²) >= 11 is 0. The van der Waals surface area contributed by atoms with Gasteiger partial charge >= 0.3 is 0 Å². The average molecular weight is 290 g/mol. The lowest BCUT2D eigenvalue weighted by Gasteiger charge is -2.03. The van der Waals surface area contributed by atoms with E-state index in [1.54, 1.807) is 30.7 Å². The normalized spacial score (nSPS) is 12.1. The lowest BCUT2D eigenvalue weighted by molar-refractivity contribution is 1.26. The van der Waals surface area contributed by atoms with Gasteiger partial charge in [-0.3, -0.25) is 14.8 Å². The first-order chi connectivity index (χ1) is 10.8. The van der Waals surface area contributed by atoms with E-state index in [-0.39, 0.29) is 5.56 Å². The number of para-hydroxylation sites is 1. The van der Waals surface area contributed by atoms with Gasteiger partial charge in [0.05, 0.1) is 16.8 Å². The Labute approximate surface area is 126 Å². The highest BCUT2D eigenvalue weighted by atomic mass is 16.1. The van der Waals surface area contributed by atoms with Crippen molar-refractivity contribution >= 4 is 28.4 Å². The van der Waals surface area contributed by atoms with E-state index in [2.05, 4.69) is 15.0 Å². The van der Waals surface area contributed by atoms with Gasteiger partial charge in [-0.25, -0.2) is 0 Å². The molecule has 0 atom stereocenters. The number of nitrogens with two attached hydrogens (primary N) is 1. The van der Waals surface area contributed by atoms with Gasteiger partial charge in [0.2, 0.25) is 0 Å². The predicted molar refractivity (Wildman–Crippen MR) is 89.1 cm³/mol. The molecular formula is C17H14N4O. The van der Waals surface area contributed by atoms with Gasteiger partial charge in [0.25, 0.3) is 5.56 Å². The third kappa shape index (κ3) is 2.78. The highest BCUT2D eigenvalue weighted by Gasteiger charge is 2.06. The molecule has 0 aliphatic heterocycles. The Morgan fingerprint density at radius 3 is 2.82 bits per heavy atom. The molecule has 0 aliphatic carbocycles. The van der Waals surface area contributed by atoms with Gasteiger partial charge in [0.1, 0.15) is 0 Å². The second kappa shape index (κ2) is 6.05. The summed E-state index contributed by atoms with van der Waals surface area (Å²) in [5.41, 5.74) is 7.99. The SMILES string of the molecule is NC=C(C=Nc1ccccc1)c1cc2cnccc2[nH]c1=O. The van der Waals surface area contributed by atoms with Crippen LogP contribution in [0.2, 0.25) is 0 Å². The van der Waals surface area contributed by atoms with E-state index in [0.717, 1.165) is 16.6 Å². The molecule has 2 aromatic heterocycles. The fourth-order valence-electron chi connectivity index (χ4n) is 2.12. The van der Waals surface area contributed by atoms with Crippen molar-refractivity contribution in [2.45, 2.75) is 0 Å². The van der Waals surface area contributed by atoms with Crippen molar-refractivity contribution in [3.05, 3.63) is 77.0 Å². The van der Waals surface area contributed by atoms with Crippen molar-refractivity contribution in [1.82, 2.24) is 9.97 Å². The van der Waals surface area contributed by atoms with Crippen LogP contribution < -0.4 is 11.3 Å². The van der Waals surface area contributed by atoms with Crippen LogP contribution in [0.15, 0.2) is 70.8 Å². The first kappa shape index (κ1) is 13.8. The Hall–Kier alpha value is -3.21. The minimum absolute atomic E-state index is 0.213. The molecule has 108 valence electrons. The minimum Gasteiger partial charge on any atom is -0.404 e. The molecule has 0 aliphatic rings. The summed E-state index contributed by atoms with van der Waals surface area (Å²) in [7, 11) is 0. The van der Waals surface area contributed by atoms with Gasteiger partial charge in [0, 0.05) is 35.8 Å². The Bertz CT molecular complexity index is 911. The zero-order valence-corrected chi connectivity index (χ0v) is 11.7.